The van der Waals surface area contributed by atoms with Crippen LogP contribution in [0.2, 0.25) is 0 Å². The van der Waals surface area contributed by atoms with Crippen LogP contribution >= 0.6 is 0 Å². The molecule has 0 aliphatic carbocycles. The summed E-state index contributed by atoms with van der Waals surface area (Å²) in [6, 6.07) is 5.59. The van der Waals surface area contributed by atoms with Crippen molar-refractivity contribution < 1.29 is 8.42 Å². The molecule has 1 fully saturated rings. The fourth-order valence-electron chi connectivity index (χ4n) is 2.41. The molecule has 1 atom stereocenters. The molecule has 2 aromatic rings. The Hall–Kier alpha value is -1.93. The number of aryl methyl sites for hydroxylation is 1. The third kappa shape index (κ3) is 3.06. The maximum absolute atomic E-state index is 12.2. The van der Waals surface area contributed by atoms with E-state index in [1.807, 2.05) is 18.2 Å². The van der Waals surface area contributed by atoms with E-state index in [-0.39, 0.29) is 11.1 Å². The van der Waals surface area contributed by atoms with Crippen LogP contribution < -0.4 is 9.62 Å². The number of anilines is 1. The second-order valence-electron chi connectivity index (χ2n) is 5.12. The molecule has 0 spiro atoms. The topological polar surface area (TPSA) is 80.1 Å². The number of hydrogen-bond acceptors (Lipinski definition) is 5. The van der Waals surface area contributed by atoms with Crippen molar-refractivity contribution in [2.75, 3.05) is 18.0 Å². The van der Waals surface area contributed by atoms with Gasteiger partial charge in [-0.2, -0.15) is 0 Å². The van der Waals surface area contributed by atoms with E-state index in [0.29, 0.717) is 6.54 Å². The molecule has 1 aliphatic heterocycles. The van der Waals surface area contributed by atoms with Gasteiger partial charge in [-0.05, 0) is 18.6 Å². The monoisotopic (exact) mass is 307 g/mol. The number of hydrogen-bond donors (Lipinski definition) is 1. The molecule has 1 aliphatic rings. The molecule has 1 saturated heterocycles. The largest absolute Gasteiger partial charge is 0.355 e. The molecule has 3 heterocycles. The number of aromatic nitrogens is 3. The molecule has 2 aromatic heterocycles. The molecule has 0 amide bonds. The van der Waals surface area contributed by atoms with Gasteiger partial charge in [0.25, 0.3) is 10.0 Å². The van der Waals surface area contributed by atoms with Crippen molar-refractivity contribution in [1.29, 1.82) is 0 Å². The van der Waals surface area contributed by atoms with E-state index < -0.39 is 10.0 Å². The maximum atomic E-state index is 12.2. The standard InChI is InChI=1S/C13H17N5O2S/c1-17-9-13(15-10-17)21(19,20)16-11-5-7-18(8-11)12-4-2-3-6-14-12/h2-4,6,9-11,16H,5,7-8H2,1H3. The molecule has 0 saturated carbocycles. The fraction of sp³-hybridized carbons (Fsp3) is 0.385. The van der Waals surface area contributed by atoms with Crippen LogP contribution in [-0.2, 0) is 17.1 Å². The lowest BCUT2D eigenvalue weighted by molar-refractivity contribution is 0.558. The third-order valence-corrected chi connectivity index (χ3v) is 4.84. The molecule has 1 N–H and O–H groups in total. The van der Waals surface area contributed by atoms with Crippen molar-refractivity contribution in [3.05, 3.63) is 36.9 Å². The van der Waals surface area contributed by atoms with Gasteiger partial charge in [0.1, 0.15) is 5.82 Å². The van der Waals surface area contributed by atoms with Crippen molar-refractivity contribution in [3.63, 3.8) is 0 Å². The van der Waals surface area contributed by atoms with Gasteiger partial charge in [-0.15, -0.1) is 0 Å². The summed E-state index contributed by atoms with van der Waals surface area (Å²) in [6.07, 6.45) is 5.46. The van der Waals surface area contributed by atoms with Gasteiger partial charge in [-0.3, -0.25) is 0 Å². The van der Waals surface area contributed by atoms with Crippen molar-refractivity contribution in [3.8, 4) is 0 Å². The highest BCUT2D eigenvalue weighted by atomic mass is 32.2. The minimum atomic E-state index is -3.56. The quantitative estimate of drug-likeness (QED) is 0.883. The average Bonchev–Trinajstić information content (AvgIpc) is 3.09. The second-order valence-corrected chi connectivity index (χ2v) is 6.78. The number of imidazole rings is 1. The molecular formula is C13H17N5O2S. The molecule has 7 nitrogen and oxygen atoms in total. The van der Waals surface area contributed by atoms with Gasteiger partial charge in [-0.1, -0.05) is 6.07 Å². The lowest BCUT2D eigenvalue weighted by atomic mass is 10.3. The number of sulfonamides is 1. The van der Waals surface area contributed by atoms with Crippen LogP contribution in [0.5, 0.6) is 0 Å². The Bertz CT molecular complexity index is 713. The van der Waals surface area contributed by atoms with Gasteiger partial charge in [0.2, 0.25) is 0 Å². The molecular weight excluding hydrogens is 290 g/mol. The van der Waals surface area contributed by atoms with Crippen molar-refractivity contribution in [1.82, 2.24) is 19.3 Å². The summed E-state index contributed by atoms with van der Waals surface area (Å²) in [5.74, 6) is 0.872. The van der Waals surface area contributed by atoms with Gasteiger partial charge in [0.05, 0.1) is 6.33 Å². The van der Waals surface area contributed by atoms with Gasteiger partial charge < -0.3 is 9.47 Å². The maximum Gasteiger partial charge on any atom is 0.259 e. The Balaban J connectivity index is 1.67. The summed E-state index contributed by atoms with van der Waals surface area (Å²) in [7, 11) is -1.82. The second kappa shape index (κ2) is 5.45. The molecule has 1 unspecified atom stereocenters. The highest BCUT2D eigenvalue weighted by Gasteiger charge is 2.28. The zero-order valence-electron chi connectivity index (χ0n) is 11.7. The van der Waals surface area contributed by atoms with Crippen molar-refractivity contribution >= 4 is 15.8 Å². The average molecular weight is 307 g/mol. The summed E-state index contributed by atoms with van der Waals surface area (Å²) in [5.41, 5.74) is 0. The summed E-state index contributed by atoms with van der Waals surface area (Å²) < 4.78 is 28.8. The summed E-state index contributed by atoms with van der Waals surface area (Å²) >= 11 is 0. The first-order chi connectivity index (χ1) is 10.0. The van der Waals surface area contributed by atoms with Crippen molar-refractivity contribution in [2.45, 2.75) is 17.5 Å². The Morgan fingerprint density at radius 3 is 2.86 bits per heavy atom. The number of nitrogens with one attached hydrogen (secondary N) is 1. The van der Waals surface area contributed by atoms with E-state index >= 15 is 0 Å². The molecule has 112 valence electrons. The Morgan fingerprint density at radius 1 is 1.33 bits per heavy atom. The molecule has 21 heavy (non-hydrogen) atoms. The lowest BCUT2D eigenvalue weighted by Crippen LogP contribution is -2.37. The number of pyridine rings is 1. The first kappa shape index (κ1) is 14.0. The van der Waals surface area contributed by atoms with E-state index in [4.69, 9.17) is 0 Å². The molecule has 8 heteroatoms. The molecule has 0 radical (unpaired) electrons. The van der Waals surface area contributed by atoms with Crippen LogP contribution in [0.3, 0.4) is 0 Å². The number of rotatable bonds is 4. The van der Waals surface area contributed by atoms with E-state index in [1.165, 1.54) is 12.5 Å². The summed E-state index contributed by atoms with van der Waals surface area (Å²) in [6.45, 7) is 1.40. The van der Waals surface area contributed by atoms with E-state index in [0.717, 1.165) is 18.8 Å². The first-order valence-electron chi connectivity index (χ1n) is 6.71. The Morgan fingerprint density at radius 2 is 2.19 bits per heavy atom. The van der Waals surface area contributed by atoms with Crippen LogP contribution in [0.1, 0.15) is 6.42 Å². The summed E-state index contributed by atoms with van der Waals surface area (Å²) in [4.78, 5) is 10.3. The number of nitrogens with zero attached hydrogens (tertiary/aromatic N) is 4. The minimum absolute atomic E-state index is 0.0567. The van der Waals surface area contributed by atoms with Crippen LogP contribution in [0.4, 0.5) is 5.82 Å². The Kier molecular flexibility index (Phi) is 3.64. The van der Waals surface area contributed by atoms with Gasteiger partial charge in [-0.25, -0.2) is 23.1 Å². The normalized spacial score (nSPS) is 19.1. The van der Waals surface area contributed by atoms with E-state index in [9.17, 15) is 8.42 Å². The summed E-state index contributed by atoms with van der Waals surface area (Å²) in [5, 5.41) is 0.0567. The highest BCUT2D eigenvalue weighted by molar-refractivity contribution is 7.89. The minimum Gasteiger partial charge on any atom is -0.355 e. The highest BCUT2D eigenvalue weighted by Crippen LogP contribution is 2.18. The Labute approximate surface area is 123 Å². The van der Waals surface area contributed by atoms with E-state index in [1.54, 1.807) is 17.8 Å². The van der Waals surface area contributed by atoms with Crippen LogP contribution in [0, 0.1) is 0 Å². The predicted octanol–water partition coefficient (Wildman–Crippen LogP) is 0.372. The van der Waals surface area contributed by atoms with Crippen LogP contribution in [0.25, 0.3) is 0 Å². The molecule has 0 aromatic carbocycles. The van der Waals surface area contributed by atoms with Crippen LogP contribution in [0.15, 0.2) is 41.9 Å². The molecule has 0 bridgehead atoms. The zero-order chi connectivity index (χ0) is 14.9. The smallest absolute Gasteiger partial charge is 0.259 e. The SMILES string of the molecule is Cn1cnc(S(=O)(=O)NC2CCN(c3ccccn3)C2)c1. The van der Waals surface area contributed by atoms with Crippen LogP contribution in [-0.4, -0.2) is 42.1 Å². The first-order valence-corrected chi connectivity index (χ1v) is 8.19. The van der Waals surface area contributed by atoms with Crippen molar-refractivity contribution in [2.24, 2.45) is 7.05 Å². The van der Waals surface area contributed by atoms with Gasteiger partial charge >= 0.3 is 0 Å². The third-order valence-electron chi connectivity index (χ3n) is 3.44. The fourth-order valence-corrected chi connectivity index (χ4v) is 3.66. The zero-order valence-corrected chi connectivity index (χ0v) is 12.5. The van der Waals surface area contributed by atoms with E-state index in [2.05, 4.69) is 19.6 Å². The lowest BCUT2D eigenvalue weighted by Gasteiger charge is -2.17. The predicted molar refractivity (Wildman–Crippen MR) is 78.4 cm³/mol. The molecule has 3 rings (SSSR count). The van der Waals surface area contributed by atoms with Gasteiger partial charge in [0.15, 0.2) is 5.03 Å². The van der Waals surface area contributed by atoms with Gasteiger partial charge in [0, 0.05) is 38.6 Å².